The quantitative estimate of drug-likeness (QED) is 0.0870. The molecule has 0 saturated heterocycles. The molecular formula is C54H58F2N4O7. The number of carboxylic acid groups (broad SMARTS) is 1. The number of pyridine rings is 4. The van der Waals surface area contributed by atoms with Crippen molar-refractivity contribution in [2.75, 3.05) is 14.2 Å². The number of aromatic nitrogens is 4. The maximum Gasteiger partial charge on any atom is 0.305 e. The van der Waals surface area contributed by atoms with Crippen molar-refractivity contribution in [1.82, 2.24) is 19.9 Å². The standard InChI is InChI=1S/C30H33FN2O5.C24H25FN2O2/c1-17(2)29-24(12-11-21(34)14-22(35)15-27(36)37)28(18-7-9-20(31)10-8-18)23-6-4-5-19-13-26(38-3)32-16-25(19)30(23)33-29;1-14(2)23-20(13-28)22(15-7-9-17(25)10-8-15)18-6-4-5-16-11-21(29-3)26-12-19(16)24(18)27-23/h7-13,16-17,21-22,34-35H,4-6,14-15H2,1-3H3,(H,36,37);7-12,14,28H,4-6,13H2,1-3H3/b12-11+;/t21-,22-;/m1./s1. The van der Waals surface area contributed by atoms with Gasteiger partial charge in [-0.25, -0.2) is 18.7 Å². The van der Waals surface area contributed by atoms with Crippen molar-refractivity contribution >= 4 is 12.0 Å². The van der Waals surface area contributed by atoms with Crippen molar-refractivity contribution in [3.63, 3.8) is 0 Å². The van der Waals surface area contributed by atoms with E-state index in [1.54, 1.807) is 56.8 Å². The van der Waals surface area contributed by atoms with Crippen molar-refractivity contribution in [2.24, 2.45) is 0 Å². The number of aliphatic hydroxyl groups is 3. The second-order valence-electron chi connectivity index (χ2n) is 17.7. The molecule has 0 saturated carbocycles. The molecule has 2 aromatic carbocycles. The highest BCUT2D eigenvalue weighted by atomic mass is 19.1. The van der Waals surface area contributed by atoms with Gasteiger partial charge in [0, 0.05) is 58.9 Å². The van der Waals surface area contributed by atoms with E-state index in [9.17, 15) is 28.9 Å². The third-order valence-corrected chi connectivity index (χ3v) is 12.3. The van der Waals surface area contributed by atoms with E-state index in [-0.39, 0.29) is 36.5 Å². The number of aliphatic hydroxyl groups excluding tert-OH is 3. The number of carbonyl (C=O) groups is 1. The van der Waals surface area contributed by atoms with Gasteiger partial charge >= 0.3 is 5.97 Å². The second kappa shape index (κ2) is 21.5. The van der Waals surface area contributed by atoms with Crippen LogP contribution in [0.1, 0.15) is 110 Å². The number of benzene rings is 2. The average Bonchev–Trinajstić information content (AvgIpc) is 3.61. The van der Waals surface area contributed by atoms with Crippen LogP contribution in [0.15, 0.2) is 79.1 Å². The zero-order chi connectivity index (χ0) is 47.9. The fourth-order valence-electron chi connectivity index (χ4n) is 9.21. The van der Waals surface area contributed by atoms with Crippen LogP contribution in [0.25, 0.3) is 50.8 Å². The Bertz CT molecular complexity index is 2760. The van der Waals surface area contributed by atoms with Crippen LogP contribution in [0, 0.1) is 11.6 Å². The van der Waals surface area contributed by atoms with Crippen LogP contribution < -0.4 is 9.47 Å². The molecule has 0 fully saturated rings. The summed E-state index contributed by atoms with van der Waals surface area (Å²) in [5, 5.41) is 39.7. The number of halogens is 2. The minimum atomic E-state index is -1.17. The summed E-state index contributed by atoms with van der Waals surface area (Å²) in [5.74, 6) is -0.427. The van der Waals surface area contributed by atoms with Crippen molar-refractivity contribution < 1.29 is 43.5 Å². The van der Waals surface area contributed by atoms with Crippen LogP contribution in [0.3, 0.4) is 0 Å². The van der Waals surface area contributed by atoms with E-state index in [0.717, 1.165) is 122 Å². The minimum absolute atomic E-state index is 0.0202. The topological polar surface area (TPSA) is 168 Å². The maximum absolute atomic E-state index is 13.9. The summed E-state index contributed by atoms with van der Waals surface area (Å²) in [5.41, 5.74) is 15.0. The normalized spacial score (nSPS) is 13.9. The van der Waals surface area contributed by atoms with E-state index >= 15 is 0 Å². The van der Waals surface area contributed by atoms with Crippen LogP contribution in [0.5, 0.6) is 11.8 Å². The summed E-state index contributed by atoms with van der Waals surface area (Å²) in [7, 11) is 3.21. The van der Waals surface area contributed by atoms with E-state index in [1.807, 2.05) is 32.2 Å². The van der Waals surface area contributed by atoms with Crippen molar-refractivity contribution in [3.05, 3.63) is 136 Å². The number of hydrogen-bond donors (Lipinski definition) is 4. The summed E-state index contributed by atoms with van der Waals surface area (Å²) in [6, 6.07) is 16.8. The minimum Gasteiger partial charge on any atom is -0.481 e. The van der Waals surface area contributed by atoms with Gasteiger partial charge in [0.1, 0.15) is 11.6 Å². The van der Waals surface area contributed by atoms with Gasteiger partial charge in [-0.1, -0.05) is 64.1 Å². The molecule has 2 atom stereocenters. The number of nitrogens with zero attached hydrogens (tertiary/aromatic N) is 4. The monoisotopic (exact) mass is 912 g/mol. The van der Waals surface area contributed by atoms with Gasteiger partial charge in [0.2, 0.25) is 11.8 Å². The molecule has 0 amide bonds. The van der Waals surface area contributed by atoms with Crippen LogP contribution in [-0.4, -0.2) is 72.8 Å². The van der Waals surface area contributed by atoms with Gasteiger partial charge in [0.05, 0.1) is 56.5 Å². The fraction of sp³-hybridized carbons (Fsp3) is 0.352. The number of aliphatic carboxylic acids is 1. The lowest BCUT2D eigenvalue weighted by Gasteiger charge is -2.22. The summed E-state index contributed by atoms with van der Waals surface area (Å²) in [6.45, 7) is 8.13. The van der Waals surface area contributed by atoms with Gasteiger partial charge in [0.25, 0.3) is 0 Å². The molecule has 0 spiro atoms. The van der Waals surface area contributed by atoms with Crippen LogP contribution in [0.2, 0.25) is 0 Å². The van der Waals surface area contributed by atoms with Gasteiger partial charge in [0.15, 0.2) is 0 Å². The van der Waals surface area contributed by atoms with Gasteiger partial charge in [-0.3, -0.25) is 14.8 Å². The van der Waals surface area contributed by atoms with Crippen molar-refractivity contribution in [3.8, 4) is 56.5 Å². The number of ether oxygens (including phenoxy) is 2. The van der Waals surface area contributed by atoms with Crippen LogP contribution in [0.4, 0.5) is 8.78 Å². The summed E-state index contributed by atoms with van der Waals surface area (Å²) in [6.07, 6.45) is 9.34. The van der Waals surface area contributed by atoms with Gasteiger partial charge in [-0.05, 0) is 119 Å². The molecule has 350 valence electrons. The molecule has 11 nitrogen and oxygen atoms in total. The molecule has 2 aliphatic carbocycles. The molecule has 6 aromatic rings. The molecule has 4 aromatic heterocycles. The number of carboxylic acids is 1. The predicted molar refractivity (Wildman–Crippen MR) is 255 cm³/mol. The predicted octanol–water partition coefficient (Wildman–Crippen LogP) is 10.2. The molecule has 67 heavy (non-hydrogen) atoms. The maximum atomic E-state index is 13.9. The molecule has 2 aliphatic rings. The number of hydrogen-bond acceptors (Lipinski definition) is 10. The molecule has 13 heteroatoms. The third kappa shape index (κ3) is 10.9. The first-order chi connectivity index (χ1) is 32.2. The Morgan fingerprint density at radius 2 is 1.19 bits per heavy atom. The van der Waals surface area contributed by atoms with E-state index in [2.05, 4.69) is 23.8 Å². The zero-order valence-electron chi connectivity index (χ0n) is 38.8. The summed E-state index contributed by atoms with van der Waals surface area (Å²) < 4.78 is 38.1. The van der Waals surface area contributed by atoms with Gasteiger partial charge in [-0.15, -0.1) is 0 Å². The Labute approximate surface area is 390 Å². The molecule has 4 heterocycles. The lowest BCUT2D eigenvalue weighted by Crippen LogP contribution is -2.19. The number of rotatable bonds is 13. The fourth-order valence-corrected chi connectivity index (χ4v) is 9.21. The third-order valence-electron chi connectivity index (χ3n) is 12.3. The lowest BCUT2D eigenvalue weighted by atomic mass is 9.86. The molecule has 4 N–H and O–H groups in total. The molecule has 0 radical (unpaired) electrons. The Hall–Kier alpha value is -6.41. The first kappa shape index (κ1) is 48.5. The second-order valence-corrected chi connectivity index (χ2v) is 17.7. The Balaban J connectivity index is 0.000000206. The van der Waals surface area contributed by atoms with Crippen LogP contribution in [-0.2, 0) is 37.1 Å². The highest BCUT2D eigenvalue weighted by Crippen LogP contribution is 2.44. The average molecular weight is 913 g/mol. The van der Waals surface area contributed by atoms with E-state index in [4.69, 9.17) is 24.5 Å². The zero-order valence-corrected chi connectivity index (χ0v) is 38.8. The van der Waals surface area contributed by atoms with Gasteiger partial charge < -0.3 is 29.9 Å². The summed E-state index contributed by atoms with van der Waals surface area (Å²) in [4.78, 5) is 29.9. The first-order valence-corrected chi connectivity index (χ1v) is 22.8. The number of aryl methyl sites for hydroxylation is 2. The highest BCUT2D eigenvalue weighted by Gasteiger charge is 2.28. The Morgan fingerprint density at radius 1 is 0.716 bits per heavy atom. The molecular weight excluding hydrogens is 855 g/mol. The van der Waals surface area contributed by atoms with E-state index in [1.165, 1.54) is 29.8 Å². The number of methoxy groups -OCH3 is 2. The van der Waals surface area contributed by atoms with Crippen LogP contribution >= 0.6 is 0 Å². The number of fused-ring (bicyclic) bond motifs is 6. The summed E-state index contributed by atoms with van der Waals surface area (Å²) >= 11 is 0. The largest absolute Gasteiger partial charge is 0.481 e. The van der Waals surface area contributed by atoms with E-state index < -0.39 is 24.6 Å². The van der Waals surface area contributed by atoms with E-state index in [0.29, 0.717) is 11.8 Å². The SMILES string of the molecule is COc1cc2c(cn1)-c1nc(C(C)C)c(/C=C/[C@@H](O)C[C@@H](O)CC(=O)O)c(-c3ccc(F)cc3)c1CCC2.COc1cc2c(cn1)-c1nc(C(C)C)c(CO)c(-c3ccc(F)cc3)c1CCC2. The molecule has 8 rings (SSSR count). The first-order valence-electron chi connectivity index (χ1n) is 22.8. The molecule has 0 unspecified atom stereocenters. The smallest absolute Gasteiger partial charge is 0.305 e. The van der Waals surface area contributed by atoms with Crippen molar-refractivity contribution in [1.29, 1.82) is 0 Å². The van der Waals surface area contributed by atoms with Crippen molar-refractivity contribution in [2.45, 2.75) is 110 Å². The molecule has 0 aliphatic heterocycles. The Morgan fingerprint density at radius 3 is 1.66 bits per heavy atom. The Kier molecular flexibility index (Phi) is 15.6. The lowest BCUT2D eigenvalue weighted by molar-refractivity contribution is -0.139. The highest BCUT2D eigenvalue weighted by molar-refractivity contribution is 5.86. The molecule has 0 bridgehead atoms. The van der Waals surface area contributed by atoms with Gasteiger partial charge in [-0.2, -0.15) is 0 Å².